The first-order chi connectivity index (χ1) is 10.5. The van der Waals surface area contributed by atoms with Crippen molar-refractivity contribution in [1.82, 2.24) is 0 Å². The molecule has 0 bridgehead atoms. The lowest BCUT2D eigenvalue weighted by molar-refractivity contribution is -0.142. The van der Waals surface area contributed by atoms with E-state index in [4.69, 9.17) is 5.11 Å². The summed E-state index contributed by atoms with van der Waals surface area (Å²) in [5, 5.41) is 18.8. The number of aldehydes is 1. The molecular weight excluding hydrogens is 282 g/mol. The number of nitrogens with zero attached hydrogens (tertiary/aromatic N) is 1. The molecule has 122 valence electrons. The van der Waals surface area contributed by atoms with Crippen molar-refractivity contribution in [2.24, 2.45) is 5.92 Å². The molecule has 0 fully saturated rings. The highest BCUT2D eigenvalue weighted by molar-refractivity contribution is 5.80. The minimum absolute atomic E-state index is 0.0112. The first-order valence-corrected chi connectivity index (χ1v) is 7.79. The number of phenols is 1. The second-order valence-electron chi connectivity index (χ2n) is 5.38. The molecule has 22 heavy (non-hydrogen) atoms. The van der Waals surface area contributed by atoms with E-state index < -0.39 is 5.97 Å². The molecular formula is C17H25NO4. The number of aromatic hydroxyl groups is 1. The molecule has 5 nitrogen and oxygen atoms in total. The number of carbonyl (C=O) groups is 2. The van der Waals surface area contributed by atoms with Gasteiger partial charge in [0, 0.05) is 24.8 Å². The summed E-state index contributed by atoms with van der Waals surface area (Å²) >= 11 is 0. The molecule has 1 rings (SSSR count). The van der Waals surface area contributed by atoms with E-state index in [1.165, 1.54) is 0 Å². The number of benzene rings is 1. The van der Waals surface area contributed by atoms with Crippen molar-refractivity contribution in [2.45, 2.75) is 39.5 Å². The molecule has 0 aliphatic heterocycles. The summed E-state index contributed by atoms with van der Waals surface area (Å²) in [6.45, 7) is 5.51. The number of carboxylic acids is 1. The van der Waals surface area contributed by atoms with Gasteiger partial charge in [0.25, 0.3) is 0 Å². The summed E-state index contributed by atoms with van der Waals surface area (Å²) < 4.78 is 0. The fourth-order valence-corrected chi connectivity index (χ4v) is 2.49. The van der Waals surface area contributed by atoms with Crippen molar-refractivity contribution in [3.8, 4) is 5.75 Å². The minimum atomic E-state index is -0.718. The Morgan fingerprint density at radius 1 is 1.32 bits per heavy atom. The molecule has 0 radical (unpaired) electrons. The van der Waals surface area contributed by atoms with Gasteiger partial charge in [-0.15, -0.1) is 0 Å². The molecule has 0 saturated carbocycles. The molecule has 0 aliphatic rings. The van der Waals surface area contributed by atoms with Crippen LogP contribution in [0.4, 0.5) is 5.69 Å². The predicted octanol–water partition coefficient (Wildman–Crippen LogP) is 3.31. The van der Waals surface area contributed by atoms with Gasteiger partial charge < -0.3 is 15.1 Å². The summed E-state index contributed by atoms with van der Waals surface area (Å²) in [7, 11) is 0. The van der Waals surface area contributed by atoms with Gasteiger partial charge in [-0.25, -0.2) is 0 Å². The van der Waals surface area contributed by atoms with Gasteiger partial charge in [-0.3, -0.25) is 9.59 Å². The molecule has 0 aromatic heterocycles. The first kappa shape index (κ1) is 18.0. The highest BCUT2D eigenvalue weighted by Crippen LogP contribution is 2.24. The number of carboxylic acid groups (broad SMARTS) is 1. The number of carbonyl (C=O) groups excluding carboxylic acids is 1. The zero-order chi connectivity index (χ0) is 16.5. The van der Waals surface area contributed by atoms with Gasteiger partial charge in [0.05, 0.1) is 11.5 Å². The number of unbranched alkanes of at least 4 members (excludes halogenated alkanes) is 1. The Morgan fingerprint density at radius 3 is 2.55 bits per heavy atom. The summed E-state index contributed by atoms with van der Waals surface area (Å²) in [4.78, 5) is 23.8. The smallest absolute Gasteiger partial charge is 0.306 e. The van der Waals surface area contributed by atoms with Crippen LogP contribution in [0.2, 0.25) is 0 Å². The molecule has 0 amide bonds. The molecule has 0 spiro atoms. The standard InChI is InChI=1S/C17H25NO4/c1-3-13(17(21)22)7-5-6-10-18(4-2)15-9-8-14(12-19)16(20)11-15/h8-9,11-13,20H,3-7,10H2,1-2H3,(H,21,22). The third-order valence-corrected chi connectivity index (χ3v) is 3.96. The van der Waals surface area contributed by atoms with E-state index >= 15 is 0 Å². The van der Waals surface area contributed by atoms with Crippen LogP contribution in [-0.4, -0.2) is 35.6 Å². The van der Waals surface area contributed by atoms with E-state index in [2.05, 4.69) is 4.90 Å². The Bertz CT molecular complexity index is 501. The Hall–Kier alpha value is -2.04. The largest absolute Gasteiger partial charge is 0.507 e. The topological polar surface area (TPSA) is 77.8 Å². The van der Waals surface area contributed by atoms with E-state index in [1.54, 1.807) is 12.1 Å². The molecule has 0 heterocycles. The number of rotatable bonds is 10. The Labute approximate surface area is 131 Å². The zero-order valence-electron chi connectivity index (χ0n) is 13.3. The number of phenolic OH excluding ortho intramolecular Hbond substituents is 1. The average Bonchev–Trinajstić information content (AvgIpc) is 2.50. The number of hydrogen-bond donors (Lipinski definition) is 2. The molecule has 1 aromatic carbocycles. The van der Waals surface area contributed by atoms with Crippen molar-refractivity contribution in [1.29, 1.82) is 0 Å². The third-order valence-electron chi connectivity index (χ3n) is 3.96. The lowest BCUT2D eigenvalue weighted by Crippen LogP contribution is -2.24. The van der Waals surface area contributed by atoms with Crippen LogP contribution in [0.25, 0.3) is 0 Å². The Kier molecular flexibility index (Phi) is 7.43. The highest BCUT2D eigenvalue weighted by atomic mass is 16.4. The molecule has 1 unspecified atom stereocenters. The SMILES string of the molecule is CCC(CCCCN(CC)c1ccc(C=O)c(O)c1)C(=O)O. The van der Waals surface area contributed by atoms with Gasteiger partial charge in [-0.2, -0.15) is 0 Å². The van der Waals surface area contributed by atoms with Crippen LogP contribution < -0.4 is 4.90 Å². The van der Waals surface area contributed by atoms with E-state index in [9.17, 15) is 14.7 Å². The first-order valence-electron chi connectivity index (χ1n) is 7.79. The Morgan fingerprint density at radius 2 is 2.05 bits per heavy atom. The van der Waals surface area contributed by atoms with Crippen LogP contribution in [0.3, 0.4) is 0 Å². The van der Waals surface area contributed by atoms with E-state index in [1.807, 2.05) is 19.9 Å². The normalized spacial score (nSPS) is 11.9. The maximum Gasteiger partial charge on any atom is 0.306 e. The Balaban J connectivity index is 2.53. The van der Waals surface area contributed by atoms with Crippen LogP contribution in [0.15, 0.2) is 18.2 Å². The molecule has 0 aliphatic carbocycles. The van der Waals surface area contributed by atoms with E-state index in [-0.39, 0.29) is 17.2 Å². The number of hydrogen-bond acceptors (Lipinski definition) is 4. The van der Waals surface area contributed by atoms with Crippen LogP contribution in [0.5, 0.6) is 5.75 Å². The second-order valence-corrected chi connectivity index (χ2v) is 5.38. The van der Waals surface area contributed by atoms with E-state index in [0.29, 0.717) is 19.1 Å². The van der Waals surface area contributed by atoms with Crippen LogP contribution in [0, 0.1) is 5.92 Å². The van der Waals surface area contributed by atoms with Gasteiger partial charge >= 0.3 is 5.97 Å². The summed E-state index contributed by atoms with van der Waals surface area (Å²) in [5.41, 5.74) is 1.16. The highest BCUT2D eigenvalue weighted by Gasteiger charge is 2.14. The molecule has 2 N–H and O–H groups in total. The van der Waals surface area contributed by atoms with E-state index in [0.717, 1.165) is 31.6 Å². The van der Waals surface area contributed by atoms with Crippen LogP contribution >= 0.6 is 0 Å². The monoisotopic (exact) mass is 307 g/mol. The minimum Gasteiger partial charge on any atom is -0.507 e. The summed E-state index contributed by atoms with van der Waals surface area (Å²) in [5.74, 6) is -0.988. The van der Waals surface area contributed by atoms with Gasteiger partial charge in [0.15, 0.2) is 6.29 Å². The average molecular weight is 307 g/mol. The maximum absolute atomic E-state index is 11.0. The van der Waals surface area contributed by atoms with Crippen molar-refractivity contribution in [3.63, 3.8) is 0 Å². The fourth-order valence-electron chi connectivity index (χ4n) is 2.49. The van der Waals surface area contributed by atoms with Crippen molar-refractivity contribution in [2.75, 3.05) is 18.0 Å². The fraction of sp³-hybridized carbons (Fsp3) is 0.529. The van der Waals surface area contributed by atoms with Crippen LogP contribution in [0.1, 0.15) is 49.9 Å². The zero-order valence-corrected chi connectivity index (χ0v) is 13.3. The molecule has 0 saturated heterocycles. The van der Waals surface area contributed by atoms with Gasteiger partial charge in [-0.05, 0) is 38.3 Å². The third kappa shape index (κ3) is 5.06. The maximum atomic E-state index is 11.0. The van der Waals surface area contributed by atoms with Crippen LogP contribution in [-0.2, 0) is 4.79 Å². The molecule has 1 aromatic rings. The van der Waals surface area contributed by atoms with Gasteiger partial charge in [-0.1, -0.05) is 13.3 Å². The van der Waals surface area contributed by atoms with Crippen molar-refractivity contribution < 1.29 is 19.8 Å². The predicted molar refractivity (Wildman–Crippen MR) is 86.6 cm³/mol. The lowest BCUT2D eigenvalue weighted by Gasteiger charge is -2.23. The quantitative estimate of drug-likeness (QED) is 0.512. The van der Waals surface area contributed by atoms with Gasteiger partial charge in [0.2, 0.25) is 0 Å². The molecule has 5 heteroatoms. The summed E-state index contributed by atoms with van der Waals surface area (Å²) in [6, 6.07) is 5.02. The number of anilines is 1. The lowest BCUT2D eigenvalue weighted by atomic mass is 9.99. The van der Waals surface area contributed by atoms with Gasteiger partial charge in [0.1, 0.15) is 5.75 Å². The molecule has 1 atom stereocenters. The van der Waals surface area contributed by atoms with Crippen molar-refractivity contribution in [3.05, 3.63) is 23.8 Å². The number of aliphatic carboxylic acids is 1. The summed E-state index contributed by atoms with van der Waals surface area (Å²) in [6.07, 6.45) is 3.74. The second kappa shape index (κ2) is 9.07. The van der Waals surface area contributed by atoms with Crippen molar-refractivity contribution >= 4 is 17.9 Å².